The maximum absolute atomic E-state index is 11.7. The highest BCUT2D eigenvalue weighted by Crippen LogP contribution is 2.25. The van der Waals surface area contributed by atoms with Crippen LogP contribution in [0.3, 0.4) is 0 Å². The van der Waals surface area contributed by atoms with Gasteiger partial charge in [0, 0.05) is 6.07 Å². The van der Waals surface area contributed by atoms with E-state index in [1.165, 1.54) is 18.4 Å². The fourth-order valence-electron chi connectivity index (χ4n) is 1.50. The number of nitro benzene ring substituents is 1. The van der Waals surface area contributed by atoms with Crippen molar-refractivity contribution in [3.63, 3.8) is 0 Å². The number of carbonyl (C=O) groups excluding carboxylic acids is 1. The van der Waals surface area contributed by atoms with Crippen molar-refractivity contribution >= 4 is 17.3 Å². The number of carbonyl (C=O) groups is 1. The van der Waals surface area contributed by atoms with Gasteiger partial charge in [-0.15, -0.1) is 0 Å². The minimum Gasteiger partial charge on any atom is -0.459 e. The molecule has 0 aliphatic rings. The van der Waals surface area contributed by atoms with Crippen LogP contribution in [-0.4, -0.2) is 10.8 Å². The molecule has 1 aromatic heterocycles. The monoisotopic (exact) mass is 246 g/mol. The topological polar surface area (TPSA) is 85.4 Å². The second-order valence-electron chi connectivity index (χ2n) is 3.71. The third kappa shape index (κ3) is 2.37. The lowest BCUT2D eigenvalue weighted by molar-refractivity contribution is -0.383. The second kappa shape index (κ2) is 4.70. The fraction of sp³-hybridized carbons (Fsp3) is 0.0833. The average Bonchev–Trinajstić information content (AvgIpc) is 2.81. The van der Waals surface area contributed by atoms with Gasteiger partial charge in [-0.05, 0) is 30.7 Å². The molecular weight excluding hydrogens is 236 g/mol. The zero-order chi connectivity index (χ0) is 13.1. The number of aryl methyl sites for hydroxylation is 1. The van der Waals surface area contributed by atoms with Gasteiger partial charge in [-0.2, -0.15) is 0 Å². The van der Waals surface area contributed by atoms with Crippen molar-refractivity contribution in [1.82, 2.24) is 0 Å². The third-order valence-electron chi connectivity index (χ3n) is 2.34. The third-order valence-corrected chi connectivity index (χ3v) is 2.34. The first-order valence-electron chi connectivity index (χ1n) is 5.18. The number of nitrogens with zero attached hydrogens (tertiary/aromatic N) is 1. The molecule has 2 rings (SSSR count). The highest BCUT2D eigenvalue weighted by molar-refractivity contribution is 6.03. The Morgan fingerprint density at radius 1 is 1.39 bits per heavy atom. The number of hydrogen-bond acceptors (Lipinski definition) is 4. The summed E-state index contributed by atoms with van der Waals surface area (Å²) in [6.07, 6.45) is 1.36. The molecule has 1 amide bonds. The number of rotatable bonds is 3. The van der Waals surface area contributed by atoms with Crippen molar-refractivity contribution in [2.45, 2.75) is 6.92 Å². The van der Waals surface area contributed by atoms with Crippen LogP contribution in [0.25, 0.3) is 0 Å². The minimum atomic E-state index is -0.544. The summed E-state index contributed by atoms with van der Waals surface area (Å²) >= 11 is 0. The van der Waals surface area contributed by atoms with Crippen LogP contribution in [0.1, 0.15) is 16.1 Å². The molecule has 0 saturated carbocycles. The van der Waals surface area contributed by atoms with Crippen LogP contribution in [0.2, 0.25) is 0 Å². The van der Waals surface area contributed by atoms with E-state index in [0.29, 0.717) is 0 Å². The van der Waals surface area contributed by atoms with Gasteiger partial charge in [0.25, 0.3) is 11.6 Å². The number of amides is 1. The van der Waals surface area contributed by atoms with Gasteiger partial charge in [0.05, 0.1) is 11.2 Å². The quantitative estimate of drug-likeness (QED) is 0.666. The van der Waals surface area contributed by atoms with Gasteiger partial charge in [-0.1, -0.05) is 6.07 Å². The molecule has 6 heteroatoms. The van der Waals surface area contributed by atoms with Crippen LogP contribution in [0.15, 0.2) is 41.0 Å². The summed E-state index contributed by atoms with van der Waals surface area (Å²) in [6.45, 7) is 1.78. The van der Waals surface area contributed by atoms with E-state index in [2.05, 4.69) is 5.32 Å². The molecule has 92 valence electrons. The van der Waals surface area contributed by atoms with Crippen LogP contribution in [-0.2, 0) is 0 Å². The van der Waals surface area contributed by atoms with Gasteiger partial charge in [0.2, 0.25) is 0 Å². The van der Waals surface area contributed by atoms with Gasteiger partial charge in [0.15, 0.2) is 5.76 Å². The molecule has 0 spiro atoms. The standard InChI is InChI=1S/C12H10N2O4/c1-8-4-5-10(14(16)17)9(7-8)13-12(15)11-3-2-6-18-11/h2-7H,1H3,(H,13,15). The lowest BCUT2D eigenvalue weighted by Gasteiger charge is -2.05. The van der Waals surface area contributed by atoms with Gasteiger partial charge in [0.1, 0.15) is 5.69 Å². The highest BCUT2D eigenvalue weighted by Gasteiger charge is 2.17. The molecule has 1 N–H and O–H groups in total. The largest absolute Gasteiger partial charge is 0.459 e. The maximum atomic E-state index is 11.7. The Hall–Kier alpha value is -2.63. The smallest absolute Gasteiger partial charge is 0.292 e. The molecule has 0 aliphatic carbocycles. The summed E-state index contributed by atoms with van der Waals surface area (Å²) in [5.41, 5.74) is 0.817. The van der Waals surface area contributed by atoms with E-state index in [4.69, 9.17) is 4.42 Å². The van der Waals surface area contributed by atoms with Crippen molar-refractivity contribution < 1.29 is 14.1 Å². The molecule has 0 atom stereocenters. The molecule has 2 aromatic rings. The Balaban J connectivity index is 2.31. The SMILES string of the molecule is Cc1ccc([N+](=O)[O-])c(NC(=O)c2ccco2)c1. The lowest BCUT2D eigenvalue weighted by Crippen LogP contribution is -2.12. The number of hydrogen-bond donors (Lipinski definition) is 1. The van der Waals surface area contributed by atoms with Crippen LogP contribution in [0.4, 0.5) is 11.4 Å². The summed E-state index contributed by atoms with van der Waals surface area (Å²) in [5, 5.41) is 13.3. The Morgan fingerprint density at radius 3 is 2.78 bits per heavy atom. The number of furan rings is 1. The predicted molar refractivity (Wildman–Crippen MR) is 64.5 cm³/mol. The number of nitrogens with one attached hydrogen (secondary N) is 1. The lowest BCUT2D eigenvalue weighted by atomic mass is 10.2. The molecule has 0 bridgehead atoms. The Labute approximate surface area is 102 Å². The van der Waals surface area contributed by atoms with E-state index in [-0.39, 0.29) is 17.1 Å². The van der Waals surface area contributed by atoms with E-state index in [1.807, 2.05) is 0 Å². The van der Waals surface area contributed by atoms with Crippen LogP contribution in [0.5, 0.6) is 0 Å². The number of anilines is 1. The summed E-state index contributed by atoms with van der Waals surface area (Å²) in [5.74, 6) is -0.417. The normalized spacial score (nSPS) is 10.1. The first kappa shape index (κ1) is 11.8. The van der Waals surface area contributed by atoms with E-state index < -0.39 is 10.8 Å². The predicted octanol–water partition coefficient (Wildman–Crippen LogP) is 2.75. The van der Waals surface area contributed by atoms with Gasteiger partial charge in [-0.25, -0.2) is 0 Å². The molecule has 1 heterocycles. The Kier molecular flexibility index (Phi) is 3.09. The molecule has 0 unspecified atom stereocenters. The van der Waals surface area contributed by atoms with E-state index in [1.54, 1.807) is 25.1 Å². The van der Waals surface area contributed by atoms with Gasteiger partial charge < -0.3 is 9.73 Å². The maximum Gasteiger partial charge on any atom is 0.292 e. The van der Waals surface area contributed by atoms with Crippen LogP contribution >= 0.6 is 0 Å². The first-order valence-corrected chi connectivity index (χ1v) is 5.18. The van der Waals surface area contributed by atoms with Gasteiger partial charge >= 0.3 is 0 Å². The Morgan fingerprint density at radius 2 is 2.17 bits per heavy atom. The number of nitro groups is 1. The summed E-state index contributed by atoms with van der Waals surface area (Å²) in [4.78, 5) is 22.0. The van der Waals surface area contributed by atoms with Crippen molar-refractivity contribution in [2.75, 3.05) is 5.32 Å². The number of benzene rings is 1. The van der Waals surface area contributed by atoms with Crippen molar-refractivity contribution in [3.05, 3.63) is 58.0 Å². The average molecular weight is 246 g/mol. The van der Waals surface area contributed by atoms with E-state index in [0.717, 1.165) is 5.56 Å². The summed E-state index contributed by atoms with van der Waals surface area (Å²) in [6, 6.07) is 7.56. The summed E-state index contributed by atoms with van der Waals surface area (Å²) < 4.78 is 4.92. The zero-order valence-electron chi connectivity index (χ0n) is 9.54. The van der Waals surface area contributed by atoms with E-state index in [9.17, 15) is 14.9 Å². The van der Waals surface area contributed by atoms with Crippen molar-refractivity contribution in [1.29, 1.82) is 0 Å². The summed E-state index contributed by atoms with van der Waals surface area (Å²) in [7, 11) is 0. The van der Waals surface area contributed by atoms with Crippen molar-refractivity contribution in [2.24, 2.45) is 0 Å². The highest BCUT2D eigenvalue weighted by atomic mass is 16.6. The molecule has 0 fully saturated rings. The van der Waals surface area contributed by atoms with E-state index >= 15 is 0 Å². The fourth-order valence-corrected chi connectivity index (χ4v) is 1.50. The molecule has 0 saturated heterocycles. The molecular formula is C12H10N2O4. The second-order valence-corrected chi connectivity index (χ2v) is 3.71. The first-order chi connectivity index (χ1) is 8.58. The molecule has 6 nitrogen and oxygen atoms in total. The van der Waals surface area contributed by atoms with Crippen molar-refractivity contribution in [3.8, 4) is 0 Å². The zero-order valence-corrected chi connectivity index (χ0v) is 9.54. The molecule has 0 aliphatic heterocycles. The minimum absolute atomic E-state index is 0.103. The molecule has 1 aromatic carbocycles. The van der Waals surface area contributed by atoms with Crippen LogP contribution < -0.4 is 5.32 Å². The molecule has 18 heavy (non-hydrogen) atoms. The van der Waals surface area contributed by atoms with Gasteiger partial charge in [-0.3, -0.25) is 14.9 Å². The molecule has 0 radical (unpaired) electrons. The Bertz CT molecular complexity index is 590. The van der Waals surface area contributed by atoms with Crippen LogP contribution in [0, 0.1) is 17.0 Å².